The number of benzene rings is 1. The van der Waals surface area contributed by atoms with E-state index >= 15 is 0 Å². The summed E-state index contributed by atoms with van der Waals surface area (Å²) in [7, 11) is 1.59. The molecule has 1 aromatic carbocycles. The van der Waals surface area contributed by atoms with Crippen LogP contribution < -0.4 is 10.1 Å². The van der Waals surface area contributed by atoms with E-state index in [1.54, 1.807) is 30.4 Å². The van der Waals surface area contributed by atoms with Crippen LogP contribution in [0.5, 0.6) is 5.75 Å². The zero-order valence-electron chi connectivity index (χ0n) is 14.6. The van der Waals surface area contributed by atoms with E-state index < -0.39 is 17.9 Å². The predicted octanol–water partition coefficient (Wildman–Crippen LogP) is 2.88. The quantitative estimate of drug-likeness (QED) is 0.857. The maximum atomic E-state index is 12.7. The molecule has 2 N–H and O–H groups in total. The lowest BCUT2D eigenvalue weighted by Gasteiger charge is -2.32. The molecule has 3 rings (SSSR count). The second-order valence-electron chi connectivity index (χ2n) is 6.29. The molecule has 1 aromatic heterocycles. The first-order valence-corrected chi connectivity index (χ1v) is 8.54. The lowest BCUT2D eigenvalue weighted by molar-refractivity contribution is -0.143. The summed E-state index contributed by atoms with van der Waals surface area (Å²) in [5, 5.41) is 12.2. The van der Waals surface area contributed by atoms with E-state index in [4.69, 9.17) is 9.15 Å². The minimum Gasteiger partial charge on any atom is -0.497 e. The summed E-state index contributed by atoms with van der Waals surface area (Å²) in [5.74, 6) is -0.0494. The Morgan fingerprint density at radius 1 is 1.31 bits per heavy atom. The number of carboxylic acids is 1. The molecule has 26 heavy (non-hydrogen) atoms. The number of carboxylic acid groups (broad SMARTS) is 1. The second-order valence-corrected chi connectivity index (χ2v) is 6.29. The summed E-state index contributed by atoms with van der Waals surface area (Å²) in [5.41, 5.74) is 0.848. The molecule has 1 aliphatic heterocycles. The molecule has 7 heteroatoms. The molecule has 0 saturated carbocycles. The van der Waals surface area contributed by atoms with Crippen molar-refractivity contribution in [3.63, 3.8) is 0 Å². The van der Waals surface area contributed by atoms with Crippen molar-refractivity contribution in [1.29, 1.82) is 0 Å². The molecule has 1 saturated heterocycles. The number of aliphatic carboxylic acids is 1. The number of nitrogens with one attached hydrogen (secondary N) is 1. The Morgan fingerprint density at radius 2 is 2.08 bits per heavy atom. The third kappa shape index (κ3) is 3.99. The van der Waals surface area contributed by atoms with Gasteiger partial charge in [-0.15, -0.1) is 0 Å². The van der Waals surface area contributed by atoms with Crippen LogP contribution in [0.3, 0.4) is 0 Å². The summed E-state index contributed by atoms with van der Waals surface area (Å²) >= 11 is 0. The monoisotopic (exact) mass is 358 g/mol. The van der Waals surface area contributed by atoms with Gasteiger partial charge in [-0.2, -0.15) is 0 Å². The number of piperidine rings is 1. The number of furan rings is 1. The fraction of sp³-hybridized carbons (Fsp3) is 0.368. The Bertz CT molecular complexity index is 742. The maximum Gasteiger partial charge on any atom is 0.318 e. The van der Waals surface area contributed by atoms with Crippen molar-refractivity contribution in [3.05, 3.63) is 54.0 Å². The highest BCUT2D eigenvalue weighted by molar-refractivity contribution is 5.77. The average molecular weight is 358 g/mol. The number of hydrogen-bond donors (Lipinski definition) is 2. The molecular weight excluding hydrogens is 336 g/mol. The second kappa shape index (κ2) is 7.95. The van der Waals surface area contributed by atoms with Gasteiger partial charge in [-0.3, -0.25) is 4.79 Å². The lowest BCUT2D eigenvalue weighted by atomic mass is 9.98. The van der Waals surface area contributed by atoms with E-state index in [9.17, 15) is 14.7 Å². The number of hydrogen-bond acceptors (Lipinski definition) is 4. The van der Waals surface area contributed by atoms with Gasteiger partial charge >= 0.3 is 12.0 Å². The van der Waals surface area contributed by atoms with Crippen molar-refractivity contribution in [1.82, 2.24) is 10.2 Å². The standard InChI is InChI=1S/C19H22N2O5/c1-25-15-8-6-13(7-9-15)17(16-5-3-11-26-16)20-19(24)21-10-2-4-14(12-21)18(22)23/h3,5-9,11,14,17H,2,4,10,12H2,1H3,(H,20,24)(H,22,23). The number of amides is 2. The van der Waals surface area contributed by atoms with Gasteiger partial charge in [-0.25, -0.2) is 4.79 Å². The molecule has 2 atom stereocenters. The van der Waals surface area contributed by atoms with E-state index in [0.29, 0.717) is 25.1 Å². The molecule has 2 heterocycles. The van der Waals surface area contributed by atoms with Crippen molar-refractivity contribution in [3.8, 4) is 5.75 Å². The van der Waals surface area contributed by atoms with Crippen LogP contribution in [0.1, 0.15) is 30.2 Å². The van der Waals surface area contributed by atoms with E-state index in [1.807, 2.05) is 24.3 Å². The van der Waals surface area contributed by atoms with Crippen molar-refractivity contribution >= 4 is 12.0 Å². The molecule has 0 aliphatic carbocycles. The van der Waals surface area contributed by atoms with Crippen molar-refractivity contribution in [2.75, 3.05) is 20.2 Å². The van der Waals surface area contributed by atoms with E-state index in [-0.39, 0.29) is 12.6 Å². The first-order valence-electron chi connectivity index (χ1n) is 8.54. The van der Waals surface area contributed by atoms with Gasteiger partial charge in [0.2, 0.25) is 0 Å². The number of ether oxygens (including phenoxy) is 1. The van der Waals surface area contributed by atoms with Crippen LogP contribution in [0, 0.1) is 5.92 Å². The molecule has 7 nitrogen and oxygen atoms in total. The van der Waals surface area contributed by atoms with Gasteiger partial charge in [0.05, 0.1) is 19.3 Å². The van der Waals surface area contributed by atoms with Gasteiger partial charge < -0.3 is 24.5 Å². The van der Waals surface area contributed by atoms with Gasteiger partial charge in [-0.05, 0) is 42.7 Å². The molecule has 138 valence electrons. The number of carbonyl (C=O) groups is 2. The summed E-state index contributed by atoms with van der Waals surface area (Å²) in [6.45, 7) is 0.762. The molecule has 0 bridgehead atoms. The van der Waals surface area contributed by atoms with Gasteiger partial charge in [0.1, 0.15) is 17.6 Å². The Morgan fingerprint density at radius 3 is 2.69 bits per heavy atom. The highest BCUT2D eigenvalue weighted by Gasteiger charge is 2.30. The van der Waals surface area contributed by atoms with Crippen LogP contribution in [-0.2, 0) is 4.79 Å². The van der Waals surface area contributed by atoms with E-state index in [0.717, 1.165) is 11.3 Å². The zero-order chi connectivity index (χ0) is 18.5. The third-order valence-corrected chi connectivity index (χ3v) is 4.60. The summed E-state index contributed by atoms with van der Waals surface area (Å²) in [4.78, 5) is 25.5. The molecule has 1 fully saturated rings. The number of nitrogens with zero attached hydrogens (tertiary/aromatic N) is 1. The van der Waals surface area contributed by atoms with Crippen LogP contribution >= 0.6 is 0 Å². The summed E-state index contributed by atoms with van der Waals surface area (Å²) in [6.07, 6.45) is 2.83. The smallest absolute Gasteiger partial charge is 0.318 e. The van der Waals surface area contributed by atoms with Crippen LogP contribution in [0.2, 0.25) is 0 Å². The van der Waals surface area contributed by atoms with Crippen molar-refractivity contribution < 1.29 is 23.8 Å². The van der Waals surface area contributed by atoms with Crippen molar-refractivity contribution in [2.45, 2.75) is 18.9 Å². The fourth-order valence-corrected chi connectivity index (χ4v) is 3.15. The highest BCUT2D eigenvalue weighted by Crippen LogP contribution is 2.25. The van der Waals surface area contributed by atoms with E-state index in [1.165, 1.54) is 0 Å². The minimum absolute atomic E-state index is 0.217. The summed E-state index contributed by atoms with van der Waals surface area (Å²) in [6, 6.07) is 10.2. The lowest BCUT2D eigenvalue weighted by Crippen LogP contribution is -2.48. The number of urea groups is 1. The first-order chi connectivity index (χ1) is 12.6. The maximum absolute atomic E-state index is 12.7. The largest absolute Gasteiger partial charge is 0.497 e. The van der Waals surface area contributed by atoms with E-state index in [2.05, 4.69) is 5.32 Å². The molecule has 2 amide bonds. The summed E-state index contributed by atoms with van der Waals surface area (Å²) < 4.78 is 10.7. The molecule has 0 radical (unpaired) electrons. The minimum atomic E-state index is -0.861. The zero-order valence-corrected chi connectivity index (χ0v) is 14.6. The predicted molar refractivity (Wildman–Crippen MR) is 94.0 cm³/mol. The molecular formula is C19H22N2O5. The topological polar surface area (TPSA) is 92.0 Å². The third-order valence-electron chi connectivity index (χ3n) is 4.60. The van der Waals surface area contributed by atoms with Crippen LogP contribution in [0.4, 0.5) is 4.79 Å². The van der Waals surface area contributed by atoms with Gasteiger partial charge in [0, 0.05) is 13.1 Å². The SMILES string of the molecule is COc1ccc(C(NC(=O)N2CCCC(C(=O)O)C2)c2ccco2)cc1. The first kappa shape index (κ1) is 17.8. The molecule has 2 aromatic rings. The van der Waals surface area contributed by atoms with Crippen molar-refractivity contribution in [2.24, 2.45) is 5.92 Å². The number of rotatable bonds is 5. The Kier molecular flexibility index (Phi) is 5.46. The fourth-order valence-electron chi connectivity index (χ4n) is 3.15. The van der Waals surface area contributed by atoms with Gasteiger partial charge in [0.15, 0.2) is 0 Å². The van der Waals surface area contributed by atoms with Crippen LogP contribution in [-0.4, -0.2) is 42.2 Å². The normalized spacial score (nSPS) is 18.2. The Labute approximate surface area is 151 Å². The molecule has 2 unspecified atom stereocenters. The molecule has 1 aliphatic rings. The Hall–Kier alpha value is -2.96. The van der Waals surface area contributed by atoms with Gasteiger partial charge in [-0.1, -0.05) is 12.1 Å². The Balaban J connectivity index is 1.77. The van der Waals surface area contributed by atoms with Crippen LogP contribution in [0.15, 0.2) is 47.1 Å². The number of likely N-dealkylation sites (tertiary alicyclic amines) is 1. The van der Waals surface area contributed by atoms with Gasteiger partial charge in [0.25, 0.3) is 0 Å². The highest BCUT2D eigenvalue weighted by atomic mass is 16.5. The average Bonchev–Trinajstić information content (AvgIpc) is 3.20. The molecule has 0 spiro atoms. The number of carbonyl (C=O) groups excluding carboxylic acids is 1. The van der Waals surface area contributed by atoms with Crippen LogP contribution in [0.25, 0.3) is 0 Å². The number of methoxy groups -OCH3 is 1.